The van der Waals surface area contributed by atoms with E-state index in [0.29, 0.717) is 0 Å². The Labute approximate surface area is 70.9 Å². The summed E-state index contributed by atoms with van der Waals surface area (Å²) in [4.78, 5) is 4.43. The van der Waals surface area contributed by atoms with Crippen molar-refractivity contribution in [1.82, 2.24) is 0 Å². The summed E-state index contributed by atoms with van der Waals surface area (Å²) in [5, 5.41) is 0. The van der Waals surface area contributed by atoms with Gasteiger partial charge in [0.05, 0.1) is 0 Å². The molecule has 0 aliphatic rings. The highest BCUT2D eigenvalue weighted by Crippen LogP contribution is 1.99. The SMILES string of the molecule is CCCCCC/N=C(/C)CC. The summed E-state index contributed by atoms with van der Waals surface area (Å²) in [7, 11) is 0. The van der Waals surface area contributed by atoms with Crippen LogP contribution in [0.15, 0.2) is 4.99 Å². The first-order valence-electron chi connectivity index (χ1n) is 4.81. The maximum atomic E-state index is 4.43. The highest BCUT2D eigenvalue weighted by Gasteiger charge is 1.86. The van der Waals surface area contributed by atoms with Crippen molar-refractivity contribution < 1.29 is 0 Å². The highest BCUT2D eigenvalue weighted by molar-refractivity contribution is 5.81. The van der Waals surface area contributed by atoms with Crippen LogP contribution >= 0.6 is 0 Å². The Balaban J connectivity index is 3.12. The van der Waals surface area contributed by atoms with E-state index in [-0.39, 0.29) is 0 Å². The fourth-order valence-electron chi connectivity index (χ4n) is 0.920. The number of unbranched alkanes of at least 4 members (excludes halogenated alkanes) is 3. The topological polar surface area (TPSA) is 12.4 Å². The zero-order valence-electron chi connectivity index (χ0n) is 8.19. The lowest BCUT2D eigenvalue weighted by Crippen LogP contribution is -1.90. The molecule has 0 aliphatic carbocycles. The van der Waals surface area contributed by atoms with E-state index in [1.807, 2.05) is 0 Å². The minimum absolute atomic E-state index is 1.04. The molecule has 0 N–H and O–H groups in total. The van der Waals surface area contributed by atoms with Gasteiger partial charge in [0.2, 0.25) is 0 Å². The highest BCUT2D eigenvalue weighted by atomic mass is 14.7. The normalized spacial score (nSPS) is 12.1. The van der Waals surface area contributed by atoms with Crippen molar-refractivity contribution in [1.29, 1.82) is 0 Å². The first kappa shape index (κ1) is 10.7. The number of rotatable bonds is 6. The third-order valence-electron chi connectivity index (χ3n) is 1.91. The largest absolute Gasteiger partial charge is 0.294 e. The number of nitrogens with zero attached hydrogens (tertiary/aromatic N) is 1. The van der Waals surface area contributed by atoms with Crippen LogP contribution < -0.4 is 0 Å². The van der Waals surface area contributed by atoms with E-state index in [9.17, 15) is 0 Å². The molecular formula is C10H21N. The predicted octanol–water partition coefficient (Wildman–Crippen LogP) is 3.44. The molecule has 0 spiro atoms. The summed E-state index contributed by atoms with van der Waals surface area (Å²) in [6.45, 7) is 7.55. The van der Waals surface area contributed by atoms with Gasteiger partial charge >= 0.3 is 0 Å². The lowest BCUT2D eigenvalue weighted by atomic mass is 10.2. The quantitative estimate of drug-likeness (QED) is 0.411. The smallest absolute Gasteiger partial charge is 0.0388 e. The Morgan fingerprint density at radius 1 is 1.09 bits per heavy atom. The minimum atomic E-state index is 1.04. The molecule has 0 bridgehead atoms. The molecule has 0 aromatic rings. The van der Waals surface area contributed by atoms with E-state index in [4.69, 9.17) is 0 Å². The standard InChI is InChI=1S/C10H21N/c1-4-6-7-8-9-11-10(3)5-2/h4-9H2,1-3H3/b11-10-. The molecule has 0 saturated heterocycles. The number of hydrogen-bond acceptors (Lipinski definition) is 1. The van der Waals surface area contributed by atoms with E-state index in [2.05, 4.69) is 25.8 Å². The van der Waals surface area contributed by atoms with Gasteiger partial charge in [-0.05, 0) is 19.8 Å². The average Bonchev–Trinajstić information content (AvgIpc) is 2.04. The summed E-state index contributed by atoms with van der Waals surface area (Å²) >= 11 is 0. The molecule has 0 aromatic carbocycles. The molecule has 11 heavy (non-hydrogen) atoms. The summed E-state index contributed by atoms with van der Waals surface area (Å²) in [5.41, 5.74) is 1.29. The Morgan fingerprint density at radius 2 is 1.82 bits per heavy atom. The van der Waals surface area contributed by atoms with E-state index >= 15 is 0 Å². The monoisotopic (exact) mass is 155 g/mol. The van der Waals surface area contributed by atoms with Gasteiger partial charge in [0.25, 0.3) is 0 Å². The second-order valence-electron chi connectivity index (χ2n) is 3.03. The second kappa shape index (κ2) is 7.77. The van der Waals surface area contributed by atoms with Crippen LogP contribution in [0.25, 0.3) is 0 Å². The van der Waals surface area contributed by atoms with Gasteiger partial charge in [0, 0.05) is 12.3 Å². The van der Waals surface area contributed by atoms with Crippen molar-refractivity contribution in [3.63, 3.8) is 0 Å². The zero-order valence-corrected chi connectivity index (χ0v) is 8.19. The molecule has 1 heteroatoms. The van der Waals surface area contributed by atoms with Gasteiger partial charge in [-0.2, -0.15) is 0 Å². The number of aliphatic imine (C=N–C) groups is 1. The maximum absolute atomic E-state index is 4.43. The van der Waals surface area contributed by atoms with Crippen LogP contribution in [-0.2, 0) is 0 Å². The number of hydrogen-bond donors (Lipinski definition) is 0. The van der Waals surface area contributed by atoms with Crippen LogP contribution in [0.1, 0.15) is 52.9 Å². The molecule has 0 heterocycles. The maximum Gasteiger partial charge on any atom is 0.0388 e. The van der Waals surface area contributed by atoms with E-state index in [1.165, 1.54) is 31.4 Å². The lowest BCUT2D eigenvalue weighted by molar-refractivity contribution is 0.674. The van der Waals surface area contributed by atoms with Gasteiger partial charge in [0.1, 0.15) is 0 Å². The van der Waals surface area contributed by atoms with Crippen molar-refractivity contribution in [2.45, 2.75) is 52.9 Å². The average molecular weight is 155 g/mol. The predicted molar refractivity (Wildman–Crippen MR) is 52.4 cm³/mol. The van der Waals surface area contributed by atoms with Gasteiger partial charge in [-0.15, -0.1) is 0 Å². The molecule has 1 nitrogen and oxygen atoms in total. The van der Waals surface area contributed by atoms with Gasteiger partial charge in [-0.1, -0.05) is 33.1 Å². The fourth-order valence-corrected chi connectivity index (χ4v) is 0.920. The summed E-state index contributed by atoms with van der Waals surface area (Å²) in [6.07, 6.45) is 6.40. The van der Waals surface area contributed by atoms with Crippen LogP contribution in [0.3, 0.4) is 0 Å². The zero-order chi connectivity index (χ0) is 8.53. The van der Waals surface area contributed by atoms with Crippen molar-refractivity contribution in [3.05, 3.63) is 0 Å². The van der Waals surface area contributed by atoms with Gasteiger partial charge < -0.3 is 0 Å². The molecule has 0 atom stereocenters. The molecule has 0 saturated carbocycles. The minimum Gasteiger partial charge on any atom is -0.294 e. The third kappa shape index (κ3) is 7.57. The first-order valence-corrected chi connectivity index (χ1v) is 4.81. The Kier molecular flexibility index (Phi) is 7.54. The molecule has 0 radical (unpaired) electrons. The van der Waals surface area contributed by atoms with Crippen LogP contribution in [0, 0.1) is 0 Å². The summed E-state index contributed by atoms with van der Waals surface area (Å²) in [5.74, 6) is 0. The molecule has 0 fully saturated rings. The fraction of sp³-hybridized carbons (Fsp3) is 0.900. The van der Waals surface area contributed by atoms with Crippen LogP contribution in [0.5, 0.6) is 0 Å². The second-order valence-corrected chi connectivity index (χ2v) is 3.03. The Morgan fingerprint density at radius 3 is 2.36 bits per heavy atom. The van der Waals surface area contributed by atoms with E-state index in [0.717, 1.165) is 13.0 Å². The van der Waals surface area contributed by atoms with Gasteiger partial charge in [-0.25, -0.2) is 0 Å². The van der Waals surface area contributed by atoms with Crippen molar-refractivity contribution in [3.8, 4) is 0 Å². The third-order valence-corrected chi connectivity index (χ3v) is 1.91. The Hall–Kier alpha value is -0.330. The molecule has 0 aliphatic heterocycles. The van der Waals surface area contributed by atoms with Gasteiger partial charge in [0.15, 0.2) is 0 Å². The van der Waals surface area contributed by atoms with E-state index in [1.54, 1.807) is 0 Å². The van der Waals surface area contributed by atoms with Crippen LogP contribution in [-0.4, -0.2) is 12.3 Å². The van der Waals surface area contributed by atoms with E-state index < -0.39 is 0 Å². The van der Waals surface area contributed by atoms with Crippen LogP contribution in [0.4, 0.5) is 0 Å². The Bertz CT molecular complexity index is 105. The van der Waals surface area contributed by atoms with Crippen LogP contribution in [0.2, 0.25) is 0 Å². The van der Waals surface area contributed by atoms with Gasteiger partial charge in [-0.3, -0.25) is 4.99 Å². The molecule has 0 unspecified atom stereocenters. The molecular weight excluding hydrogens is 134 g/mol. The first-order chi connectivity index (χ1) is 5.31. The summed E-state index contributed by atoms with van der Waals surface area (Å²) < 4.78 is 0. The molecule has 0 rings (SSSR count). The molecule has 0 amide bonds. The van der Waals surface area contributed by atoms with Crippen molar-refractivity contribution >= 4 is 5.71 Å². The summed E-state index contributed by atoms with van der Waals surface area (Å²) in [6, 6.07) is 0. The van der Waals surface area contributed by atoms with Crippen molar-refractivity contribution in [2.75, 3.05) is 6.54 Å². The lowest BCUT2D eigenvalue weighted by Gasteiger charge is -1.96. The van der Waals surface area contributed by atoms with Crippen molar-refractivity contribution in [2.24, 2.45) is 4.99 Å². The molecule has 0 aromatic heterocycles. The molecule has 66 valence electrons.